The highest BCUT2D eigenvalue weighted by Crippen LogP contribution is 2.29. The van der Waals surface area contributed by atoms with Gasteiger partial charge in [0.05, 0.1) is 5.69 Å². The zero-order valence-corrected chi connectivity index (χ0v) is 18.6. The summed E-state index contributed by atoms with van der Waals surface area (Å²) in [5.74, 6) is 0.205. The van der Waals surface area contributed by atoms with Crippen LogP contribution in [0.4, 0.5) is 0 Å². The maximum absolute atomic E-state index is 13.1. The van der Waals surface area contributed by atoms with Gasteiger partial charge in [-0.15, -0.1) is 11.3 Å². The Hall–Kier alpha value is -2.99. The summed E-state index contributed by atoms with van der Waals surface area (Å²) in [4.78, 5) is 34.7. The first-order valence-corrected chi connectivity index (χ1v) is 11.6. The van der Waals surface area contributed by atoms with Crippen LogP contribution in [-0.4, -0.2) is 52.8 Å². The molecule has 0 N–H and O–H groups in total. The van der Waals surface area contributed by atoms with Crippen LogP contribution in [0.1, 0.15) is 33.8 Å². The Morgan fingerprint density at radius 3 is 2.19 bits per heavy atom. The van der Waals surface area contributed by atoms with Gasteiger partial charge in [-0.1, -0.05) is 60.7 Å². The number of hydrogen-bond acceptors (Lipinski definition) is 4. The van der Waals surface area contributed by atoms with Crippen molar-refractivity contribution >= 4 is 23.2 Å². The van der Waals surface area contributed by atoms with Gasteiger partial charge in [0.15, 0.2) is 0 Å². The molecular formula is C25H27N3O2S. The van der Waals surface area contributed by atoms with Crippen molar-refractivity contribution in [3.63, 3.8) is 0 Å². The fourth-order valence-electron chi connectivity index (χ4n) is 3.85. The van der Waals surface area contributed by atoms with E-state index in [9.17, 15) is 9.59 Å². The van der Waals surface area contributed by atoms with E-state index in [0.29, 0.717) is 37.5 Å². The molecule has 0 spiro atoms. The Kier molecular flexibility index (Phi) is 6.77. The zero-order chi connectivity index (χ0) is 21.6. The number of amides is 2. The Morgan fingerprint density at radius 2 is 1.52 bits per heavy atom. The third kappa shape index (κ3) is 5.20. The van der Waals surface area contributed by atoms with E-state index >= 15 is 0 Å². The summed E-state index contributed by atoms with van der Waals surface area (Å²) < 4.78 is 0. The monoisotopic (exact) mass is 433 g/mol. The van der Waals surface area contributed by atoms with Crippen LogP contribution in [0.15, 0.2) is 60.7 Å². The number of aromatic nitrogens is 1. The number of carbonyl (C=O) groups excluding carboxylic acids is 2. The minimum atomic E-state index is 0.0216. The lowest BCUT2D eigenvalue weighted by Crippen LogP contribution is -2.50. The van der Waals surface area contributed by atoms with Crippen LogP contribution >= 0.6 is 11.3 Å². The van der Waals surface area contributed by atoms with Crippen LogP contribution in [0.5, 0.6) is 0 Å². The van der Waals surface area contributed by atoms with E-state index in [2.05, 4.69) is 17.1 Å². The quantitative estimate of drug-likeness (QED) is 0.578. The summed E-state index contributed by atoms with van der Waals surface area (Å²) in [5.41, 5.74) is 3.06. The van der Waals surface area contributed by atoms with E-state index < -0.39 is 0 Å². The van der Waals surface area contributed by atoms with Crippen molar-refractivity contribution in [2.45, 2.75) is 26.2 Å². The summed E-state index contributed by atoms with van der Waals surface area (Å²) in [5, 5.41) is 0.869. The molecule has 0 saturated carbocycles. The molecule has 0 unspecified atom stereocenters. The maximum atomic E-state index is 13.1. The van der Waals surface area contributed by atoms with E-state index in [4.69, 9.17) is 0 Å². The van der Waals surface area contributed by atoms with Gasteiger partial charge in [-0.3, -0.25) is 9.59 Å². The van der Waals surface area contributed by atoms with Gasteiger partial charge in [0.1, 0.15) is 9.88 Å². The van der Waals surface area contributed by atoms with Gasteiger partial charge < -0.3 is 9.80 Å². The number of aryl methyl sites for hydroxylation is 2. The molecule has 2 heterocycles. The highest BCUT2D eigenvalue weighted by Gasteiger charge is 2.27. The lowest BCUT2D eigenvalue weighted by atomic mass is 10.1. The van der Waals surface area contributed by atoms with Crippen molar-refractivity contribution in [3.8, 4) is 10.6 Å². The molecule has 1 saturated heterocycles. The third-order valence-electron chi connectivity index (χ3n) is 5.63. The highest BCUT2D eigenvalue weighted by molar-refractivity contribution is 7.17. The van der Waals surface area contributed by atoms with Crippen molar-refractivity contribution in [3.05, 3.63) is 76.8 Å². The van der Waals surface area contributed by atoms with Crippen LogP contribution in [0, 0.1) is 6.92 Å². The van der Waals surface area contributed by atoms with Crippen molar-refractivity contribution < 1.29 is 9.59 Å². The second kappa shape index (κ2) is 9.88. The molecule has 0 aliphatic carbocycles. The first kappa shape index (κ1) is 21.2. The first-order chi connectivity index (χ1) is 15.1. The van der Waals surface area contributed by atoms with Gasteiger partial charge >= 0.3 is 0 Å². The molecule has 5 nitrogen and oxygen atoms in total. The van der Waals surface area contributed by atoms with Crippen molar-refractivity contribution in [2.75, 3.05) is 26.2 Å². The fourth-order valence-corrected chi connectivity index (χ4v) is 4.89. The second-order valence-electron chi connectivity index (χ2n) is 7.81. The van der Waals surface area contributed by atoms with E-state index in [0.717, 1.165) is 29.1 Å². The van der Waals surface area contributed by atoms with Gasteiger partial charge in [-0.25, -0.2) is 4.98 Å². The van der Waals surface area contributed by atoms with Gasteiger partial charge in [0.25, 0.3) is 5.91 Å². The molecule has 160 valence electrons. The molecule has 2 amide bonds. The molecule has 1 aromatic heterocycles. The smallest absolute Gasteiger partial charge is 0.265 e. The van der Waals surface area contributed by atoms with Crippen LogP contribution in [0.3, 0.4) is 0 Å². The predicted molar refractivity (Wildman–Crippen MR) is 124 cm³/mol. The highest BCUT2D eigenvalue weighted by atomic mass is 32.1. The molecule has 1 aliphatic heterocycles. The normalized spacial score (nSPS) is 14.0. The van der Waals surface area contributed by atoms with Crippen LogP contribution in [0.2, 0.25) is 0 Å². The van der Waals surface area contributed by atoms with Crippen molar-refractivity contribution in [1.82, 2.24) is 14.8 Å². The Balaban J connectivity index is 1.29. The Bertz CT molecular complexity index is 1030. The molecule has 6 heteroatoms. The molecule has 1 fully saturated rings. The van der Waals surface area contributed by atoms with E-state index in [1.54, 1.807) is 0 Å². The number of nitrogens with zero attached hydrogens (tertiary/aromatic N) is 3. The number of piperazine rings is 1. The van der Waals surface area contributed by atoms with Gasteiger partial charge in [-0.2, -0.15) is 0 Å². The summed E-state index contributed by atoms with van der Waals surface area (Å²) in [6, 6.07) is 20.2. The molecule has 4 rings (SSSR count). The number of rotatable bonds is 6. The van der Waals surface area contributed by atoms with E-state index in [1.165, 1.54) is 16.9 Å². The Labute approximate surface area is 187 Å². The SMILES string of the molecule is Cc1nc(-c2ccccc2)sc1C(=O)N1CCN(C(=O)CCCc2ccccc2)CC1. The summed E-state index contributed by atoms with van der Waals surface area (Å²) >= 11 is 1.45. The minimum Gasteiger partial charge on any atom is -0.339 e. The van der Waals surface area contributed by atoms with Gasteiger partial charge in [0, 0.05) is 38.2 Å². The lowest BCUT2D eigenvalue weighted by Gasteiger charge is -2.34. The molecule has 0 bridgehead atoms. The largest absolute Gasteiger partial charge is 0.339 e. The standard InChI is InChI=1S/C25H27N3O2S/c1-19-23(31-24(26-19)21-12-6-3-7-13-21)25(30)28-17-15-27(16-18-28)22(29)14-8-11-20-9-4-2-5-10-20/h2-7,9-10,12-13H,8,11,14-18H2,1H3. The van der Waals surface area contributed by atoms with Crippen LogP contribution in [-0.2, 0) is 11.2 Å². The number of benzene rings is 2. The molecule has 0 radical (unpaired) electrons. The number of thiazole rings is 1. The Morgan fingerprint density at radius 1 is 0.903 bits per heavy atom. The van der Waals surface area contributed by atoms with Crippen molar-refractivity contribution in [1.29, 1.82) is 0 Å². The topological polar surface area (TPSA) is 53.5 Å². The van der Waals surface area contributed by atoms with E-state index in [-0.39, 0.29) is 11.8 Å². The second-order valence-corrected chi connectivity index (χ2v) is 8.81. The lowest BCUT2D eigenvalue weighted by molar-refractivity contribution is -0.132. The summed E-state index contributed by atoms with van der Waals surface area (Å²) in [7, 11) is 0. The third-order valence-corrected chi connectivity index (χ3v) is 6.82. The molecule has 3 aromatic rings. The molecule has 2 aromatic carbocycles. The molecule has 0 atom stereocenters. The maximum Gasteiger partial charge on any atom is 0.265 e. The number of hydrogen-bond donors (Lipinski definition) is 0. The zero-order valence-electron chi connectivity index (χ0n) is 17.8. The number of carbonyl (C=O) groups is 2. The van der Waals surface area contributed by atoms with E-state index in [1.807, 2.05) is 65.3 Å². The molecular weight excluding hydrogens is 406 g/mol. The van der Waals surface area contributed by atoms with Crippen LogP contribution < -0.4 is 0 Å². The average molecular weight is 434 g/mol. The average Bonchev–Trinajstić information content (AvgIpc) is 3.21. The first-order valence-electron chi connectivity index (χ1n) is 10.8. The minimum absolute atomic E-state index is 0.0216. The summed E-state index contributed by atoms with van der Waals surface area (Å²) in [6.45, 7) is 4.23. The fraction of sp³-hybridized carbons (Fsp3) is 0.320. The van der Waals surface area contributed by atoms with Gasteiger partial charge in [-0.05, 0) is 25.3 Å². The van der Waals surface area contributed by atoms with Crippen molar-refractivity contribution in [2.24, 2.45) is 0 Å². The van der Waals surface area contributed by atoms with Gasteiger partial charge in [0.2, 0.25) is 5.91 Å². The molecule has 1 aliphatic rings. The summed E-state index contributed by atoms with van der Waals surface area (Å²) in [6.07, 6.45) is 2.32. The molecule has 31 heavy (non-hydrogen) atoms. The predicted octanol–water partition coefficient (Wildman–Crippen LogP) is 4.43. The van der Waals surface area contributed by atoms with Crippen LogP contribution in [0.25, 0.3) is 10.6 Å².